The van der Waals surface area contributed by atoms with Gasteiger partial charge in [0.1, 0.15) is 12.4 Å². The summed E-state index contributed by atoms with van der Waals surface area (Å²) in [5.41, 5.74) is 0.927. The summed E-state index contributed by atoms with van der Waals surface area (Å²) in [5.74, 6) is 0.283. The van der Waals surface area contributed by atoms with Gasteiger partial charge in [-0.05, 0) is 62.2 Å². The van der Waals surface area contributed by atoms with Gasteiger partial charge in [0.15, 0.2) is 0 Å². The first-order chi connectivity index (χ1) is 14.9. The summed E-state index contributed by atoms with van der Waals surface area (Å²) in [4.78, 5) is 12.7. The third-order valence-electron chi connectivity index (χ3n) is 4.75. The van der Waals surface area contributed by atoms with Gasteiger partial charge < -0.3 is 19.5 Å². The van der Waals surface area contributed by atoms with Crippen LogP contribution >= 0.6 is 0 Å². The Morgan fingerprint density at radius 1 is 1.23 bits per heavy atom. The minimum absolute atomic E-state index is 0.0965. The Labute approximate surface area is 182 Å². The van der Waals surface area contributed by atoms with E-state index in [0.29, 0.717) is 23.6 Å². The second-order valence-electron chi connectivity index (χ2n) is 7.43. The Balaban J connectivity index is 1.59. The Morgan fingerprint density at radius 3 is 2.68 bits per heavy atom. The second kappa shape index (κ2) is 10.7. The Morgan fingerprint density at radius 2 is 2.00 bits per heavy atom. The molecular weight excluding hydrogens is 420 g/mol. The van der Waals surface area contributed by atoms with Gasteiger partial charge in [-0.2, -0.15) is 0 Å². The predicted molar refractivity (Wildman–Crippen MR) is 117 cm³/mol. The van der Waals surface area contributed by atoms with Gasteiger partial charge >= 0.3 is 0 Å². The maximum atomic E-state index is 12.6. The molecule has 0 radical (unpaired) electrons. The molecule has 2 atom stereocenters. The van der Waals surface area contributed by atoms with Crippen molar-refractivity contribution in [2.45, 2.75) is 36.8 Å². The second-order valence-corrected chi connectivity index (χ2v) is 9.14. The smallest absolute Gasteiger partial charge is 0.255 e. The number of rotatable bonds is 10. The van der Waals surface area contributed by atoms with Crippen LogP contribution in [0.1, 0.15) is 30.1 Å². The number of sulfonamides is 1. The molecular formula is C22H28N2O6S. The zero-order chi connectivity index (χ0) is 22.3. The topological polar surface area (TPSA) is 103 Å². The molecule has 1 heterocycles. The number of anilines is 1. The lowest BCUT2D eigenvalue weighted by Gasteiger charge is -2.14. The minimum Gasteiger partial charge on any atom is -0.491 e. The van der Waals surface area contributed by atoms with E-state index in [1.165, 1.54) is 19.2 Å². The van der Waals surface area contributed by atoms with E-state index in [1.54, 1.807) is 43.3 Å². The molecule has 2 N–H and O–H groups in total. The number of ether oxygens (including phenoxy) is 3. The van der Waals surface area contributed by atoms with Crippen LogP contribution in [-0.4, -0.2) is 53.4 Å². The van der Waals surface area contributed by atoms with Crippen LogP contribution in [0, 0.1) is 0 Å². The minimum atomic E-state index is -3.67. The van der Waals surface area contributed by atoms with Crippen molar-refractivity contribution < 1.29 is 27.4 Å². The van der Waals surface area contributed by atoms with Crippen molar-refractivity contribution in [3.63, 3.8) is 0 Å². The fourth-order valence-corrected chi connectivity index (χ4v) is 4.46. The summed E-state index contributed by atoms with van der Waals surface area (Å²) in [6.07, 6.45) is 2.12. The quantitative estimate of drug-likeness (QED) is 0.579. The SMILES string of the molecule is COC[C@H](C)NS(=O)(=O)c1ccc(NC(=O)c2cccc(OC[C@@H]3CCCO3)c2)cc1. The normalized spacial score (nSPS) is 17.3. The van der Waals surface area contributed by atoms with Crippen LogP contribution in [0.15, 0.2) is 53.4 Å². The Bertz CT molecular complexity index is 972. The van der Waals surface area contributed by atoms with Gasteiger partial charge in [0, 0.05) is 31.0 Å². The van der Waals surface area contributed by atoms with Gasteiger partial charge in [-0.25, -0.2) is 13.1 Å². The van der Waals surface area contributed by atoms with Crippen molar-refractivity contribution in [1.82, 2.24) is 4.72 Å². The fourth-order valence-electron chi connectivity index (χ4n) is 3.23. The highest BCUT2D eigenvalue weighted by atomic mass is 32.2. The third kappa shape index (κ3) is 6.76. The van der Waals surface area contributed by atoms with Crippen molar-refractivity contribution >= 4 is 21.6 Å². The van der Waals surface area contributed by atoms with E-state index in [0.717, 1.165) is 19.4 Å². The van der Waals surface area contributed by atoms with Crippen LogP contribution in [-0.2, 0) is 19.5 Å². The van der Waals surface area contributed by atoms with Crippen LogP contribution in [0.4, 0.5) is 5.69 Å². The van der Waals surface area contributed by atoms with E-state index < -0.39 is 10.0 Å². The maximum Gasteiger partial charge on any atom is 0.255 e. The van der Waals surface area contributed by atoms with Crippen LogP contribution in [0.2, 0.25) is 0 Å². The molecule has 31 heavy (non-hydrogen) atoms. The van der Waals surface area contributed by atoms with Crippen molar-refractivity contribution in [2.75, 3.05) is 32.2 Å². The average Bonchev–Trinajstić information content (AvgIpc) is 3.26. The van der Waals surface area contributed by atoms with E-state index in [-0.39, 0.29) is 29.6 Å². The lowest BCUT2D eigenvalue weighted by molar-refractivity contribution is 0.0679. The predicted octanol–water partition coefficient (Wildman–Crippen LogP) is 2.81. The molecule has 1 aliphatic heterocycles. The molecule has 1 saturated heterocycles. The summed E-state index contributed by atoms with van der Waals surface area (Å²) in [6, 6.07) is 12.5. The third-order valence-corrected chi connectivity index (χ3v) is 6.36. The summed E-state index contributed by atoms with van der Waals surface area (Å²) in [5, 5.41) is 2.77. The number of methoxy groups -OCH3 is 1. The first kappa shape index (κ1) is 23.2. The van der Waals surface area contributed by atoms with Gasteiger partial charge in [0.25, 0.3) is 5.91 Å². The molecule has 2 aromatic carbocycles. The van der Waals surface area contributed by atoms with Crippen molar-refractivity contribution in [3.8, 4) is 5.75 Å². The van der Waals surface area contributed by atoms with Crippen LogP contribution in [0.25, 0.3) is 0 Å². The number of hydrogen-bond donors (Lipinski definition) is 2. The molecule has 168 valence electrons. The number of carbonyl (C=O) groups is 1. The molecule has 0 aliphatic carbocycles. The van der Waals surface area contributed by atoms with E-state index in [4.69, 9.17) is 14.2 Å². The maximum absolute atomic E-state index is 12.6. The average molecular weight is 449 g/mol. The highest BCUT2D eigenvalue weighted by Crippen LogP contribution is 2.19. The molecule has 0 unspecified atom stereocenters. The van der Waals surface area contributed by atoms with Gasteiger partial charge in [0.05, 0.1) is 17.6 Å². The largest absolute Gasteiger partial charge is 0.491 e. The number of nitrogens with one attached hydrogen (secondary N) is 2. The summed E-state index contributed by atoms with van der Waals surface area (Å²) < 4.78 is 43.6. The number of carbonyl (C=O) groups excluding carboxylic acids is 1. The van der Waals surface area contributed by atoms with Gasteiger partial charge in [-0.3, -0.25) is 4.79 Å². The molecule has 0 saturated carbocycles. The molecule has 2 aromatic rings. The zero-order valence-corrected chi connectivity index (χ0v) is 18.5. The van der Waals surface area contributed by atoms with Crippen LogP contribution in [0.5, 0.6) is 5.75 Å². The highest BCUT2D eigenvalue weighted by Gasteiger charge is 2.18. The molecule has 3 rings (SSSR count). The summed E-state index contributed by atoms with van der Waals surface area (Å²) in [7, 11) is -2.16. The molecule has 0 bridgehead atoms. The van der Waals surface area contributed by atoms with Gasteiger partial charge in [-0.15, -0.1) is 0 Å². The van der Waals surface area contributed by atoms with E-state index in [2.05, 4.69) is 10.0 Å². The fraction of sp³-hybridized carbons (Fsp3) is 0.409. The van der Waals surface area contributed by atoms with Gasteiger partial charge in [0.2, 0.25) is 10.0 Å². The van der Waals surface area contributed by atoms with E-state index in [1.807, 2.05) is 0 Å². The van der Waals surface area contributed by atoms with E-state index >= 15 is 0 Å². The number of hydrogen-bond acceptors (Lipinski definition) is 6. The van der Waals surface area contributed by atoms with Crippen LogP contribution in [0.3, 0.4) is 0 Å². The van der Waals surface area contributed by atoms with Crippen molar-refractivity contribution in [1.29, 1.82) is 0 Å². The monoisotopic (exact) mass is 448 g/mol. The molecule has 1 amide bonds. The van der Waals surface area contributed by atoms with Crippen molar-refractivity contribution in [2.24, 2.45) is 0 Å². The first-order valence-corrected chi connectivity index (χ1v) is 11.6. The number of amides is 1. The lowest BCUT2D eigenvalue weighted by Crippen LogP contribution is -2.35. The standard InChI is InChI=1S/C22H28N2O6S/c1-16(14-28-2)24-31(26,27)21-10-8-18(9-11-21)23-22(25)17-5-3-6-19(13-17)30-15-20-7-4-12-29-20/h3,5-6,8-11,13,16,20,24H,4,7,12,14-15H2,1-2H3,(H,23,25)/t16-,20-/m0/s1. The number of benzene rings is 2. The summed E-state index contributed by atoms with van der Waals surface area (Å²) >= 11 is 0. The van der Waals surface area contributed by atoms with Crippen molar-refractivity contribution in [3.05, 3.63) is 54.1 Å². The Hall–Kier alpha value is -2.46. The first-order valence-electron chi connectivity index (χ1n) is 10.1. The molecule has 8 nitrogen and oxygen atoms in total. The molecule has 9 heteroatoms. The molecule has 0 aromatic heterocycles. The Kier molecular flexibility index (Phi) is 8.03. The zero-order valence-electron chi connectivity index (χ0n) is 17.7. The lowest BCUT2D eigenvalue weighted by atomic mass is 10.2. The molecule has 0 spiro atoms. The highest BCUT2D eigenvalue weighted by molar-refractivity contribution is 7.89. The molecule has 1 aliphatic rings. The van der Waals surface area contributed by atoms with Gasteiger partial charge in [-0.1, -0.05) is 6.07 Å². The van der Waals surface area contributed by atoms with E-state index in [9.17, 15) is 13.2 Å². The summed E-state index contributed by atoms with van der Waals surface area (Å²) in [6.45, 7) is 3.20. The molecule has 1 fully saturated rings. The van der Waals surface area contributed by atoms with Crippen LogP contribution < -0.4 is 14.8 Å².